The van der Waals surface area contributed by atoms with Gasteiger partial charge in [0, 0.05) is 31.4 Å². The molecule has 2 amide bonds. The van der Waals surface area contributed by atoms with Crippen molar-refractivity contribution in [3.63, 3.8) is 0 Å². The molecule has 0 aliphatic heterocycles. The van der Waals surface area contributed by atoms with Crippen LogP contribution in [0.25, 0.3) is 0 Å². The summed E-state index contributed by atoms with van der Waals surface area (Å²) in [6, 6.07) is 7.53. The fraction of sp³-hybridized carbons (Fsp3) is 0.577. The van der Waals surface area contributed by atoms with E-state index in [1.165, 1.54) is 11.3 Å². The van der Waals surface area contributed by atoms with Crippen LogP contribution < -0.4 is 10.6 Å². The van der Waals surface area contributed by atoms with Crippen LogP contribution >= 0.6 is 11.3 Å². The molecule has 0 saturated heterocycles. The normalized spacial score (nSPS) is 30.4. The van der Waals surface area contributed by atoms with Crippen LogP contribution in [0.3, 0.4) is 0 Å². The van der Waals surface area contributed by atoms with E-state index in [9.17, 15) is 14.7 Å². The van der Waals surface area contributed by atoms with Gasteiger partial charge >= 0.3 is 0 Å². The molecule has 4 rings (SSSR count). The molecule has 0 spiro atoms. The van der Waals surface area contributed by atoms with Gasteiger partial charge in [0.1, 0.15) is 0 Å². The molecule has 33 heavy (non-hydrogen) atoms. The van der Waals surface area contributed by atoms with E-state index in [1.807, 2.05) is 36.6 Å². The number of amides is 2. The van der Waals surface area contributed by atoms with Gasteiger partial charge in [0.05, 0.1) is 10.5 Å². The van der Waals surface area contributed by atoms with Crippen molar-refractivity contribution >= 4 is 23.2 Å². The second-order valence-electron chi connectivity index (χ2n) is 10.8. The molecule has 2 aromatic rings. The SMILES string of the molecule is CC1(C)C[C@H](NC(=O)c2cccs2)[C@]2(CCC(=O)NCc3cccnc3)CC[C@@](C)(O)C[C@@H]12. The molecule has 0 bridgehead atoms. The maximum Gasteiger partial charge on any atom is 0.261 e. The number of fused-ring (bicyclic) bond motifs is 1. The predicted octanol–water partition coefficient (Wildman–Crippen LogP) is 4.31. The van der Waals surface area contributed by atoms with E-state index in [1.54, 1.807) is 12.4 Å². The monoisotopic (exact) mass is 469 g/mol. The molecule has 3 N–H and O–H groups in total. The molecule has 2 aromatic heterocycles. The van der Waals surface area contributed by atoms with E-state index in [0.29, 0.717) is 37.1 Å². The van der Waals surface area contributed by atoms with E-state index in [2.05, 4.69) is 29.5 Å². The zero-order valence-electron chi connectivity index (χ0n) is 19.8. The summed E-state index contributed by atoms with van der Waals surface area (Å²) in [5.41, 5.74) is 0.0216. The number of carbonyl (C=O) groups excluding carboxylic acids is 2. The molecule has 2 saturated carbocycles. The van der Waals surface area contributed by atoms with Gasteiger partial charge in [0.2, 0.25) is 5.91 Å². The van der Waals surface area contributed by atoms with Crippen LogP contribution in [0.5, 0.6) is 0 Å². The Balaban J connectivity index is 1.51. The average molecular weight is 470 g/mol. The van der Waals surface area contributed by atoms with Crippen molar-refractivity contribution in [2.24, 2.45) is 16.7 Å². The Kier molecular flexibility index (Phi) is 6.65. The molecular weight excluding hydrogens is 434 g/mol. The van der Waals surface area contributed by atoms with E-state index >= 15 is 0 Å². The third kappa shape index (κ3) is 5.14. The Hall–Kier alpha value is -2.25. The van der Waals surface area contributed by atoms with Gasteiger partial charge in [-0.15, -0.1) is 11.3 Å². The minimum Gasteiger partial charge on any atom is -0.390 e. The quantitative estimate of drug-likeness (QED) is 0.564. The van der Waals surface area contributed by atoms with Crippen LogP contribution in [0.1, 0.15) is 74.5 Å². The first kappa shape index (κ1) is 23.9. The van der Waals surface area contributed by atoms with Crippen molar-refractivity contribution in [1.29, 1.82) is 0 Å². The second kappa shape index (κ2) is 9.18. The number of rotatable bonds is 7. The van der Waals surface area contributed by atoms with E-state index < -0.39 is 5.60 Å². The Morgan fingerprint density at radius 1 is 1.18 bits per heavy atom. The van der Waals surface area contributed by atoms with Crippen LogP contribution in [0.4, 0.5) is 0 Å². The zero-order valence-corrected chi connectivity index (χ0v) is 20.6. The largest absolute Gasteiger partial charge is 0.390 e. The second-order valence-corrected chi connectivity index (χ2v) is 11.8. The van der Waals surface area contributed by atoms with Crippen LogP contribution in [-0.4, -0.2) is 33.5 Å². The van der Waals surface area contributed by atoms with Crippen LogP contribution in [0.2, 0.25) is 0 Å². The summed E-state index contributed by atoms with van der Waals surface area (Å²) in [5, 5.41) is 19.2. The maximum absolute atomic E-state index is 13.0. The molecule has 2 aliphatic carbocycles. The summed E-state index contributed by atoms with van der Waals surface area (Å²) in [5.74, 6) is 0.204. The highest BCUT2D eigenvalue weighted by Crippen LogP contribution is 2.63. The van der Waals surface area contributed by atoms with Gasteiger partial charge in [-0.25, -0.2) is 0 Å². The van der Waals surface area contributed by atoms with Crippen molar-refractivity contribution in [2.75, 3.05) is 0 Å². The number of nitrogens with zero attached hydrogens (tertiary/aromatic N) is 1. The summed E-state index contributed by atoms with van der Waals surface area (Å²) in [4.78, 5) is 30.6. The minimum atomic E-state index is -0.708. The molecule has 6 nitrogen and oxygen atoms in total. The average Bonchev–Trinajstić information content (AvgIpc) is 3.38. The van der Waals surface area contributed by atoms with Crippen molar-refractivity contribution in [3.8, 4) is 0 Å². The standard InChI is InChI=1S/C26H35N3O3S/c1-24(2)15-21(29-23(31)19-7-5-13-33-19)26(11-10-25(3,32)14-20(24)26)9-8-22(30)28-17-18-6-4-12-27-16-18/h4-7,12-13,16,20-21,32H,8-11,14-15,17H2,1-3H3,(H,28,30)(H,29,31)/t20-,21-,25+,26+/m0/s1. The highest BCUT2D eigenvalue weighted by atomic mass is 32.1. The Morgan fingerprint density at radius 2 is 2.00 bits per heavy atom. The molecule has 0 aromatic carbocycles. The number of aromatic nitrogens is 1. The highest BCUT2D eigenvalue weighted by Gasteiger charge is 2.61. The number of hydrogen-bond donors (Lipinski definition) is 3. The first-order valence-corrected chi connectivity index (χ1v) is 12.7. The summed E-state index contributed by atoms with van der Waals surface area (Å²) in [6.45, 7) is 6.87. The lowest BCUT2D eigenvalue weighted by molar-refractivity contribution is -0.123. The molecule has 0 radical (unpaired) electrons. The maximum atomic E-state index is 13.0. The first-order chi connectivity index (χ1) is 15.6. The molecule has 4 atom stereocenters. The predicted molar refractivity (Wildman–Crippen MR) is 130 cm³/mol. The third-order valence-corrected chi connectivity index (χ3v) is 8.78. The van der Waals surface area contributed by atoms with Gasteiger partial charge in [0.25, 0.3) is 5.91 Å². The molecule has 2 heterocycles. The van der Waals surface area contributed by atoms with E-state index in [4.69, 9.17) is 0 Å². The number of carbonyl (C=O) groups is 2. The van der Waals surface area contributed by atoms with Crippen molar-refractivity contribution in [2.45, 2.75) is 77.5 Å². The molecule has 2 aliphatic rings. The number of nitrogens with one attached hydrogen (secondary N) is 2. The van der Waals surface area contributed by atoms with Crippen molar-refractivity contribution in [3.05, 3.63) is 52.5 Å². The minimum absolute atomic E-state index is 0.0114. The topological polar surface area (TPSA) is 91.3 Å². The van der Waals surface area contributed by atoms with Gasteiger partial charge in [-0.05, 0) is 78.9 Å². The fourth-order valence-corrected chi connectivity index (χ4v) is 6.83. The number of hydrogen-bond acceptors (Lipinski definition) is 5. The molecule has 0 unspecified atom stereocenters. The smallest absolute Gasteiger partial charge is 0.261 e. The van der Waals surface area contributed by atoms with Gasteiger partial charge in [0.15, 0.2) is 0 Å². The van der Waals surface area contributed by atoms with Crippen molar-refractivity contribution < 1.29 is 14.7 Å². The van der Waals surface area contributed by atoms with Gasteiger partial charge in [-0.1, -0.05) is 26.0 Å². The van der Waals surface area contributed by atoms with Crippen LogP contribution in [0.15, 0.2) is 42.0 Å². The summed E-state index contributed by atoms with van der Waals surface area (Å²) < 4.78 is 0. The van der Waals surface area contributed by atoms with Crippen LogP contribution in [-0.2, 0) is 11.3 Å². The number of aliphatic hydroxyl groups is 1. The summed E-state index contributed by atoms with van der Waals surface area (Å²) >= 11 is 1.44. The lowest BCUT2D eigenvalue weighted by Crippen LogP contribution is -2.52. The summed E-state index contributed by atoms with van der Waals surface area (Å²) in [6.07, 6.45) is 7.61. The fourth-order valence-electron chi connectivity index (χ4n) is 6.21. The molecule has 7 heteroatoms. The Morgan fingerprint density at radius 3 is 2.70 bits per heavy atom. The van der Waals surface area contributed by atoms with Crippen LogP contribution in [0, 0.1) is 16.7 Å². The number of pyridine rings is 1. The van der Waals surface area contributed by atoms with Gasteiger partial charge < -0.3 is 15.7 Å². The zero-order chi connectivity index (χ0) is 23.7. The summed E-state index contributed by atoms with van der Waals surface area (Å²) in [7, 11) is 0. The number of thiophene rings is 1. The van der Waals surface area contributed by atoms with E-state index in [0.717, 1.165) is 18.4 Å². The van der Waals surface area contributed by atoms with Gasteiger partial charge in [-0.2, -0.15) is 0 Å². The molecule has 2 fully saturated rings. The third-order valence-electron chi connectivity index (χ3n) is 7.91. The Bertz CT molecular complexity index is 974. The first-order valence-electron chi connectivity index (χ1n) is 11.8. The van der Waals surface area contributed by atoms with Gasteiger partial charge in [-0.3, -0.25) is 14.6 Å². The molecule has 178 valence electrons. The molecular formula is C26H35N3O3S. The van der Waals surface area contributed by atoms with Crippen molar-refractivity contribution in [1.82, 2.24) is 15.6 Å². The Labute approximate surface area is 200 Å². The lowest BCUT2D eigenvalue weighted by Gasteiger charge is -2.50. The highest BCUT2D eigenvalue weighted by molar-refractivity contribution is 7.12. The lowest BCUT2D eigenvalue weighted by atomic mass is 9.57. The van der Waals surface area contributed by atoms with E-state index in [-0.39, 0.29) is 34.6 Å².